The van der Waals surface area contributed by atoms with Crippen LogP contribution in [-0.4, -0.2) is 35.6 Å². The summed E-state index contributed by atoms with van der Waals surface area (Å²) < 4.78 is 64.9. The van der Waals surface area contributed by atoms with Crippen molar-refractivity contribution < 1.29 is 36.6 Å². The average molecular weight is 487 g/mol. The third-order valence-electron chi connectivity index (χ3n) is 4.43. The van der Waals surface area contributed by atoms with Crippen LogP contribution in [0.5, 0.6) is 11.5 Å². The van der Waals surface area contributed by atoms with Gasteiger partial charge in [-0.15, -0.1) is 0 Å². The summed E-state index contributed by atoms with van der Waals surface area (Å²) in [5.41, 5.74) is 1.84. The third kappa shape index (κ3) is 6.38. The Morgan fingerprint density at radius 3 is 1.94 bits per heavy atom. The van der Waals surface area contributed by atoms with Gasteiger partial charge in [-0.05, 0) is 55.5 Å². The van der Waals surface area contributed by atoms with Gasteiger partial charge in [0.15, 0.2) is 0 Å². The van der Waals surface area contributed by atoms with Crippen LogP contribution in [0, 0.1) is 0 Å². The van der Waals surface area contributed by atoms with Crippen LogP contribution in [0.4, 0.5) is 17.6 Å². The minimum atomic E-state index is -2.96. The van der Waals surface area contributed by atoms with E-state index in [1.807, 2.05) is 0 Å². The summed E-state index contributed by atoms with van der Waals surface area (Å²) in [4.78, 5) is 11.8. The van der Waals surface area contributed by atoms with Crippen LogP contribution in [0.15, 0.2) is 48.5 Å². The summed E-state index contributed by atoms with van der Waals surface area (Å²) in [5.74, 6) is -0.482. The van der Waals surface area contributed by atoms with Crippen LogP contribution in [-0.2, 0) is 16.1 Å². The van der Waals surface area contributed by atoms with E-state index in [-0.39, 0.29) is 36.1 Å². The number of nitrogens with zero attached hydrogens (tertiary/aromatic N) is 2. The van der Waals surface area contributed by atoms with Crippen molar-refractivity contribution in [3.63, 3.8) is 0 Å². The van der Waals surface area contributed by atoms with E-state index in [0.717, 1.165) is 0 Å². The monoisotopic (exact) mass is 486 g/mol. The zero-order valence-corrected chi connectivity index (χ0v) is 18.1. The molecule has 0 atom stereocenters. The first-order valence-corrected chi connectivity index (χ1v) is 10.2. The second-order valence-electron chi connectivity index (χ2n) is 6.60. The van der Waals surface area contributed by atoms with E-state index in [2.05, 4.69) is 14.6 Å². The van der Waals surface area contributed by atoms with E-state index >= 15 is 0 Å². The first kappa shape index (κ1) is 24.4. The summed E-state index contributed by atoms with van der Waals surface area (Å²) in [6.45, 7) is -3.86. The van der Waals surface area contributed by atoms with Gasteiger partial charge in [-0.1, -0.05) is 11.6 Å². The second kappa shape index (κ2) is 11.0. The number of benzene rings is 2. The van der Waals surface area contributed by atoms with E-state index < -0.39 is 19.2 Å². The molecular formula is C22H19ClF4N2O4. The standard InChI is InChI=1S/C22H19ClF4N2O4/c1-2-31-17(30)11-12-29-20(14-5-9-16(10-6-14)33-22(26)27)18(23)19(28-29)13-3-7-15(8-4-13)32-21(24)25/h3-10,21-22H,2,11-12H2,1H3. The highest BCUT2D eigenvalue weighted by molar-refractivity contribution is 6.35. The Bertz CT molecular complexity index is 1070. The molecule has 6 nitrogen and oxygen atoms in total. The summed E-state index contributed by atoms with van der Waals surface area (Å²) in [5, 5.41) is 4.71. The van der Waals surface area contributed by atoms with Gasteiger partial charge < -0.3 is 14.2 Å². The Hall–Kier alpha value is -3.27. The van der Waals surface area contributed by atoms with E-state index in [1.54, 1.807) is 6.92 Å². The molecule has 1 aromatic heterocycles. The largest absolute Gasteiger partial charge is 0.466 e. The van der Waals surface area contributed by atoms with Gasteiger partial charge in [-0.25, -0.2) is 0 Å². The Morgan fingerprint density at radius 1 is 0.939 bits per heavy atom. The molecule has 11 heteroatoms. The molecule has 0 radical (unpaired) electrons. The van der Waals surface area contributed by atoms with Gasteiger partial charge in [0.05, 0.1) is 30.3 Å². The van der Waals surface area contributed by atoms with E-state index in [9.17, 15) is 22.4 Å². The van der Waals surface area contributed by atoms with Gasteiger partial charge in [0.25, 0.3) is 0 Å². The number of alkyl halides is 4. The smallest absolute Gasteiger partial charge is 0.387 e. The van der Waals surface area contributed by atoms with E-state index in [1.165, 1.54) is 53.2 Å². The first-order chi connectivity index (χ1) is 15.8. The normalized spacial score (nSPS) is 11.2. The molecule has 0 bridgehead atoms. The molecule has 3 aromatic rings. The summed E-state index contributed by atoms with van der Waals surface area (Å²) in [6, 6.07) is 11.5. The Kier molecular flexibility index (Phi) is 8.16. The summed E-state index contributed by atoms with van der Waals surface area (Å²) in [6.07, 6.45) is 0.0199. The van der Waals surface area contributed by atoms with Crippen LogP contribution in [0.1, 0.15) is 13.3 Å². The maximum Gasteiger partial charge on any atom is 0.387 e. The van der Waals surface area contributed by atoms with Gasteiger partial charge in [-0.3, -0.25) is 9.48 Å². The predicted molar refractivity (Wildman–Crippen MR) is 113 cm³/mol. The fraction of sp³-hybridized carbons (Fsp3) is 0.273. The fourth-order valence-corrected chi connectivity index (χ4v) is 3.43. The minimum absolute atomic E-state index is 0.0199. The highest BCUT2D eigenvalue weighted by Crippen LogP contribution is 2.37. The van der Waals surface area contributed by atoms with Gasteiger partial charge in [0.1, 0.15) is 17.2 Å². The van der Waals surface area contributed by atoms with Crippen molar-refractivity contribution >= 4 is 17.6 Å². The van der Waals surface area contributed by atoms with Crippen molar-refractivity contribution in [3.8, 4) is 34.0 Å². The number of halogens is 5. The number of carbonyl (C=O) groups excluding carboxylic acids is 1. The molecule has 0 aliphatic carbocycles. The summed E-state index contributed by atoms with van der Waals surface area (Å²) >= 11 is 6.62. The molecule has 1 heterocycles. The molecule has 176 valence electrons. The highest BCUT2D eigenvalue weighted by atomic mass is 35.5. The lowest BCUT2D eigenvalue weighted by Gasteiger charge is -2.09. The SMILES string of the molecule is CCOC(=O)CCn1nc(-c2ccc(OC(F)F)cc2)c(Cl)c1-c1ccc(OC(F)F)cc1. The minimum Gasteiger partial charge on any atom is -0.466 e. The molecule has 0 unspecified atom stereocenters. The molecule has 3 rings (SSSR count). The molecule has 0 amide bonds. The van der Waals surface area contributed by atoms with Crippen molar-refractivity contribution in [2.45, 2.75) is 33.1 Å². The first-order valence-electron chi connectivity index (χ1n) is 9.81. The Labute approximate surface area is 191 Å². The molecule has 33 heavy (non-hydrogen) atoms. The highest BCUT2D eigenvalue weighted by Gasteiger charge is 2.20. The number of aromatic nitrogens is 2. The molecular weight excluding hydrogens is 468 g/mol. The van der Waals surface area contributed by atoms with Crippen LogP contribution < -0.4 is 9.47 Å². The Morgan fingerprint density at radius 2 is 1.45 bits per heavy atom. The molecule has 0 fully saturated rings. The predicted octanol–water partition coefficient (Wildman–Crippen LogP) is 6.03. The van der Waals surface area contributed by atoms with E-state index in [0.29, 0.717) is 22.5 Å². The molecule has 0 aliphatic heterocycles. The zero-order chi connectivity index (χ0) is 24.0. The van der Waals surface area contributed by atoms with Gasteiger partial charge in [-0.2, -0.15) is 22.7 Å². The number of carbonyl (C=O) groups is 1. The zero-order valence-electron chi connectivity index (χ0n) is 17.3. The van der Waals surface area contributed by atoms with Crippen molar-refractivity contribution in [2.75, 3.05) is 6.61 Å². The lowest BCUT2D eigenvalue weighted by molar-refractivity contribution is -0.143. The number of hydrogen-bond donors (Lipinski definition) is 0. The quantitative estimate of drug-likeness (QED) is 0.259. The van der Waals surface area contributed by atoms with Crippen molar-refractivity contribution in [2.24, 2.45) is 0 Å². The molecule has 0 saturated carbocycles. The van der Waals surface area contributed by atoms with Gasteiger partial charge >= 0.3 is 19.2 Å². The van der Waals surface area contributed by atoms with Gasteiger partial charge in [0, 0.05) is 11.1 Å². The van der Waals surface area contributed by atoms with Crippen LogP contribution in [0.25, 0.3) is 22.5 Å². The van der Waals surface area contributed by atoms with Crippen molar-refractivity contribution in [1.29, 1.82) is 0 Å². The van der Waals surface area contributed by atoms with Gasteiger partial charge in [0.2, 0.25) is 0 Å². The lowest BCUT2D eigenvalue weighted by atomic mass is 10.1. The topological polar surface area (TPSA) is 62.6 Å². The molecule has 0 aliphatic rings. The molecule has 2 aromatic carbocycles. The number of hydrogen-bond acceptors (Lipinski definition) is 5. The fourth-order valence-electron chi connectivity index (χ4n) is 3.08. The van der Waals surface area contributed by atoms with Crippen LogP contribution in [0.3, 0.4) is 0 Å². The molecule has 0 saturated heterocycles. The Balaban J connectivity index is 1.97. The van der Waals surface area contributed by atoms with Crippen LogP contribution in [0.2, 0.25) is 5.02 Å². The summed E-state index contributed by atoms with van der Waals surface area (Å²) in [7, 11) is 0. The number of aryl methyl sites for hydroxylation is 1. The third-order valence-corrected chi connectivity index (χ3v) is 4.79. The van der Waals surface area contributed by atoms with E-state index in [4.69, 9.17) is 16.3 Å². The molecule has 0 N–H and O–H groups in total. The van der Waals surface area contributed by atoms with Crippen LogP contribution >= 0.6 is 11.6 Å². The maximum atomic E-state index is 12.4. The number of ether oxygens (including phenoxy) is 3. The maximum absolute atomic E-state index is 12.4. The second-order valence-corrected chi connectivity index (χ2v) is 6.97. The number of rotatable bonds is 10. The molecule has 0 spiro atoms. The average Bonchev–Trinajstić information content (AvgIpc) is 3.09. The lowest BCUT2D eigenvalue weighted by Crippen LogP contribution is -2.11. The van der Waals surface area contributed by atoms with Crippen molar-refractivity contribution in [3.05, 3.63) is 53.6 Å². The number of esters is 1. The van der Waals surface area contributed by atoms with Crippen molar-refractivity contribution in [1.82, 2.24) is 9.78 Å².